The van der Waals surface area contributed by atoms with Gasteiger partial charge in [-0.1, -0.05) is 0 Å². The van der Waals surface area contributed by atoms with E-state index in [1.807, 2.05) is 0 Å². The predicted molar refractivity (Wildman–Crippen MR) is 16.3 cm³/mol. The molecule has 0 radical (unpaired) electrons. The third-order valence-electron chi connectivity index (χ3n) is 0. The highest BCUT2D eigenvalue weighted by atomic mass is 16.2. The summed E-state index contributed by atoms with van der Waals surface area (Å²) in [5.41, 5.74) is 0. The first-order valence-electron chi connectivity index (χ1n) is 1.13. The van der Waals surface area contributed by atoms with Crippen molar-refractivity contribution in [2.45, 2.75) is 6.92 Å². The van der Waals surface area contributed by atoms with Crippen molar-refractivity contribution in [1.29, 1.82) is 5.26 Å². The van der Waals surface area contributed by atoms with Gasteiger partial charge in [0.15, 0.2) is 0 Å². The van der Waals surface area contributed by atoms with Gasteiger partial charge in [-0.25, -0.2) is 0 Å². The summed E-state index contributed by atoms with van der Waals surface area (Å²) in [6.07, 6.45) is 0.250. The van der Waals surface area contributed by atoms with Crippen molar-refractivity contribution in [1.82, 2.24) is 0 Å². The highest BCUT2D eigenvalue weighted by Gasteiger charge is 1.17. The van der Waals surface area contributed by atoms with Gasteiger partial charge in [0.2, 0.25) is 0 Å². The molecule has 0 bridgehead atoms. The average Bonchev–Trinajstić information content (AvgIpc) is 1.39. The molecule has 0 fully saturated rings. The lowest BCUT2D eigenvalue weighted by molar-refractivity contribution is -0.191. The Kier molecular flexibility index (Phi) is 62.2. The van der Waals surface area contributed by atoms with Crippen LogP contribution < -0.4 is 0 Å². The molecular weight excluding hydrogens is 82.0 g/mol. The topological polar surface area (TPSA) is 57.9 Å². The molecule has 6 heavy (non-hydrogen) atoms. The van der Waals surface area contributed by atoms with Gasteiger partial charge in [0, 0.05) is 6.92 Å². The number of nitrogens with zero attached hydrogens (tertiary/aromatic N) is 1. The van der Waals surface area contributed by atoms with Crippen LogP contribution in [-0.4, -0.2) is 6.15 Å². The van der Waals surface area contributed by atoms with Gasteiger partial charge in [-0.05, 0) is 0 Å². The lowest BCUT2D eigenvalue weighted by Gasteiger charge is -1.15. The first-order valence-corrected chi connectivity index (χ1v) is 1.13. The first-order chi connectivity index (χ1) is 2.83. The Balaban J connectivity index is 0. The van der Waals surface area contributed by atoms with Crippen LogP contribution in [0.3, 0.4) is 0 Å². The maximum atomic E-state index is 8.12. The second-order valence-corrected chi connectivity index (χ2v) is 0.307. The fraction of sp³-hybridized carbons (Fsp3) is 0.333. The van der Waals surface area contributed by atoms with Crippen molar-refractivity contribution in [2.75, 3.05) is 0 Å². The number of hydrogen-bond donors (Lipinski definition) is 0. The van der Waals surface area contributed by atoms with Crippen LogP contribution in [0, 0.1) is 11.3 Å². The molecule has 0 saturated heterocycles. The Morgan fingerprint density at radius 2 is 1.50 bits per heavy atom. The Bertz CT molecular complexity index is 75.3. The van der Waals surface area contributed by atoms with E-state index in [0.29, 0.717) is 0 Å². The van der Waals surface area contributed by atoms with Gasteiger partial charge >= 0.3 is 6.15 Å². The Morgan fingerprint density at radius 3 is 1.50 bits per heavy atom. The molecule has 0 N–H and O–H groups in total. The van der Waals surface area contributed by atoms with Crippen molar-refractivity contribution in [3.05, 3.63) is 0 Å². The molecule has 0 aliphatic rings. The van der Waals surface area contributed by atoms with Gasteiger partial charge in [-0.3, -0.25) is 0 Å². The van der Waals surface area contributed by atoms with E-state index in [0.717, 1.165) is 0 Å². The lowest BCUT2D eigenvalue weighted by atomic mass is 11.0. The molecule has 0 aromatic heterocycles. The van der Waals surface area contributed by atoms with E-state index >= 15 is 0 Å². The van der Waals surface area contributed by atoms with Crippen LogP contribution in [0.1, 0.15) is 6.92 Å². The Hall–Kier alpha value is -1.13. The number of rotatable bonds is 0. The second-order valence-electron chi connectivity index (χ2n) is 0.307. The molecule has 0 rings (SSSR count). The summed E-state index contributed by atoms with van der Waals surface area (Å²) in [6, 6.07) is 1.75. The van der Waals surface area contributed by atoms with Crippen molar-refractivity contribution in [2.24, 2.45) is 0 Å². The largest absolute Gasteiger partial charge is 0.373 e. The minimum atomic E-state index is 0.250. The summed E-state index contributed by atoms with van der Waals surface area (Å²) in [7, 11) is 0. The molecule has 0 aromatic rings. The molecule has 0 heterocycles. The van der Waals surface area contributed by atoms with Gasteiger partial charge in [0.25, 0.3) is 0 Å². The predicted octanol–water partition coefficient (Wildman–Crippen LogP) is -0.0536. The van der Waals surface area contributed by atoms with Gasteiger partial charge < -0.3 is 0 Å². The third kappa shape index (κ3) is 7.86. The summed E-state index contributed by atoms with van der Waals surface area (Å²) in [5, 5.41) is 7.32. The van der Waals surface area contributed by atoms with Crippen LogP contribution in [0.15, 0.2) is 0 Å². The maximum absolute atomic E-state index is 8.12. The van der Waals surface area contributed by atoms with E-state index in [1.165, 1.54) is 6.92 Å². The molecule has 0 spiro atoms. The third-order valence-corrected chi connectivity index (χ3v) is 0. The van der Waals surface area contributed by atoms with Crippen LogP contribution in [0.5, 0.6) is 0 Å². The number of carbonyl (C=O) groups excluding carboxylic acids is 2. The molecule has 0 aliphatic heterocycles. The molecule has 0 amide bonds. The van der Waals surface area contributed by atoms with E-state index in [4.69, 9.17) is 14.9 Å². The van der Waals surface area contributed by atoms with Gasteiger partial charge in [-0.2, -0.15) is 14.9 Å². The minimum absolute atomic E-state index is 0.250. The smallest absolute Gasteiger partial charge is 0.199 e. The zero-order valence-electron chi connectivity index (χ0n) is 3.26. The normalized spacial score (nSPS) is 2.67. The molecule has 0 aromatic carbocycles. The van der Waals surface area contributed by atoms with E-state index < -0.39 is 0 Å². The van der Waals surface area contributed by atoms with Gasteiger partial charge in [0.05, 0.1) is 6.07 Å². The van der Waals surface area contributed by atoms with E-state index in [-0.39, 0.29) is 6.15 Å². The number of nitriles is 1. The molecule has 0 saturated carbocycles. The fourth-order valence-corrected chi connectivity index (χ4v) is 0. The summed E-state index contributed by atoms with van der Waals surface area (Å²) in [6.45, 7) is 1.43. The van der Waals surface area contributed by atoms with Crippen molar-refractivity contribution in [3.8, 4) is 6.07 Å². The zero-order chi connectivity index (χ0) is 5.41. The average molecular weight is 85.1 g/mol. The van der Waals surface area contributed by atoms with Crippen LogP contribution in [-0.2, 0) is 9.59 Å². The summed E-state index contributed by atoms with van der Waals surface area (Å²) in [5.74, 6) is 0. The Morgan fingerprint density at radius 1 is 1.50 bits per heavy atom. The number of hydrogen-bond acceptors (Lipinski definition) is 3. The SMILES string of the molecule is CC#N.O=C=O. The van der Waals surface area contributed by atoms with Crippen molar-refractivity contribution >= 4 is 6.15 Å². The van der Waals surface area contributed by atoms with Gasteiger partial charge in [-0.15, -0.1) is 0 Å². The van der Waals surface area contributed by atoms with Crippen LogP contribution in [0.2, 0.25) is 0 Å². The van der Waals surface area contributed by atoms with Crippen molar-refractivity contribution < 1.29 is 9.59 Å². The highest BCUT2D eigenvalue weighted by molar-refractivity contribution is 5.20. The highest BCUT2D eigenvalue weighted by Crippen LogP contribution is 1.21. The molecule has 0 unspecified atom stereocenters. The molecule has 0 atom stereocenters. The molecule has 3 nitrogen and oxygen atoms in total. The van der Waals surface area contributed by atoms with E-state index in [1.54, 1.807) is 6.07 Å². The fourth-order valence-electron chi connectivity index (χ4n) is 0. The maximum Gasteiger partial charge on any atom is 0.373 e. The second kappa shape index (κ2) is 42.1. The summed E-state index contributed by atoms with van der Waals surface area (Å²) < 4.78 is 0. The molecule has 3 heteroatoms. The summed E-state index contributed by atoms with van der Waals surface area (Å²) in [4.78, 5) is 16.2. The van der Waals surface area contributed by atoms with E-state index in [2.05, 4.69) is 0 Å². The lowest BCUT2D eigenvalue weighted by Crippen LogP contribution is -1.22. The monoisotopic (exact) mass is 85.0 g/mol. The minimum Gasteiger partial charge on any atom is -0.199 e. The molecular formula is C3H3NO2. The van der Waals surface area contributed by atoms with Crippen LogP contribution in [0.4, 0.5) is 0 Å². The quantitative estimate of drug-likeness (QED) is 0.414. The molecule has 32 valence electrons. The van der Waals surface area contributed by atoms with Crippen LogP contribution in [0.25, 0.3) is 0 Å². The van der Waals surface area contributed by atoms with Gasteiger partial charge in [0.1, 0.15) is 0 Å². The van der Waals surface area contributed by atoms with Crippen molar-refractivity contribution in [3.63, 3.8) is 0 Å². The standard InChI is InChI=1S/C2H3N.CO2/c1-2-3;2-1-3/h1H3;. The Labute approximate surface area is 35.2 Å². The zero-order valence-corrected chi connectivity index (χ0v) is 3.26. The first kappa shape index (κ1) is 8.85. The molecule has 0 aliphatic carbocycles. The van der Waals surface area contributed by atoms with Crippen LogP contribution >= 0.6 is 0 Å². The van der Waals surface area contributed by atoms with E-state index in [9.17, 15) is 0 Å². The summed E-state index contributed by atoms with van der Waals surface area (Å²) >= 11 is 0.